The van der Waals surface area contributed by atoms with Gasteiger partial charge in [0, 0.05) is 45.6 Å². The molecule has 152 valence electrons. The van der Waals surface area contributed by atoms with Crippen LogP contribution in [0.15, 0.2) is 48.0 Å². The first-order chi connectivity index (χ1) is 13.9. The number of rotatable bonds is 5. The largest absolute Gasteiger partial charge is 0.353 e. The molecule has 0 spiro atoms. The number of imidazole rings is 1. The van der Waals surface area contributed by atoms with E-state index < -0.39 is 10.0 Å². The predicted molar refractivity (Wildman–Crippen MR) is 109 cm³/mol. The molecule has 0 amide bonds. The lowest BCUT2D eigenvalue weighted by molar-refractivity contribution is 0.598. The van der Waals surface area contributed by atoms with Crippen molar-refractivity contribution in [1.29, 1.82) is 0 Å². The number of sulfonamides is 1. The average Bonchev–Trinajstić information content (AvgIpc) is 3.09. The Kier molecular flexibility index (Phi) is 5.05. The van der Waals surface area contributed by atoms with E-state index in [4.69, 9.17) is 0 Å². The summed E-state index contributed by atoms with van der Waals surface area (Å²) in [5.41, 5.74) is 0.296. The van der Waals surface area contributed by atoms with Crippen molar-refractivity contribution in [3.8, 4) is 0 Å². The summed E-state index contributed by atoms with van der Waals surface area (Å²) in [6, 6.07) is 5.87. The Morgan fingerprint density at radius 2 is 1.69 bits per heavy atom. The van der Waals surface area contributed by atoms with Crippen LogP contribution in [0.1, 0.15) is 5.82 Å². The molecule has 0 bridgehead atoms. The molecule has 1 aliphatic heterocycles. The molecule has 3 aromatic heterocycles. The third kappa shape index (κ3) is 4.14. The summed E-state index contributed by atoms with van der Waals surface area (Å²) < 4.78 is 29.0. The molecule has 1 N–H and O–H groups in total. The molecule has 0 aliphatic carbocycles. The van der Waals surface area contributed by atoms with Gasteiger partial charge >= 0.3 is 0 Å². The van der Waals surface area contributed by atoms with Gasteiger partial charge in [-0.15, -0.1) is 0 Å². The molecule has 1 saturated heterocycles. The smallest absolute Gasteiger partial charge is 0.281 e. The molecule has 1 fully saturated rings. The molecule has 0 radical (unpaired) electrons. The number of hydrogen-bond acceptors (Lipinski definition) is 8. The molecule has 0 unspecified atom stereocenters. The Morgan fingerprint density at radius 1 is 1.00 bits per heavy atom. The van der Waals surface area contributed by atoms with E-state index in [0.717, 1.165) is 32.0 Å². The normalized spacial score (nSPS) is 14.8. The quantitative estimate of drug-likeness (QED) is 0.660. The van der Waals surface area contributed by atoms with E-state index in [1.807, 2.05) is 18.2 Å². The van der Waals surface area contributed by atoms with E-state index in [2.05, 4.69) is 34.5 Å². The van der Waals surface area contributed by atoms with Crippen LogP contribution >= 0.6 is 0 Å². The Bertz CT molecular complexity index is 1060. The van der Waals surface area contributed by atoms with Crippen LogP contribution in [0.3, 0.4) is 0 Å². The molecule has 0 atom stereocenters. The predicted octanol–water partition coefficient (Wildman–Crippen LogP) is 1.04. The molecule has 10 nitrogen and oxygen atoms in total. The Labute approximate surface area is 169 Å². The topological polar surface area (TPSA) is 109 Å². The van der Waals surface area contributed by atoms with Gasteiger partial charge in [-0.05, 0) is 19.1 Å². The van der Waals surface area contributed by atoms with Crippen molar-refractivity contribution in [2.24, 2.45) is 7.05 Å². The molecule has 4 heterocycles. The van der Waals surface area contributed by atoms with Crippen LogP contribution < -0.4 is 14.5 Å². The first kappa shape index (κ1) is 19.1. The lowest BCUT2D eigenvalue weighted by Gasteiger charge is -2.35. The maximum atomic E-state index is 12.5. The highest BCUT2D eigenvalue weighted by molar-refractivity contribution is 7.92. The van der Waals surface area contributed by atoms with E-state index in [1.165, 1.54) is 18.6 Å². The molecular weight excluding hydrogens is 392 g/mol. The van der Waals surface area contributed by atoms with Crippen molar-refractivity contribution in [2.45, 2.75) is 11.9 Å². The number of piperazine rings is 1. The summed E-state index contributed by atoms with van der Waals surface area (Å²) in [5, 5.41) is -0.0350. The summed E-state index contributed by atoms with van der Waals surface area (Å²) in [4.78, 5) is 21.4. The monoisotopic (exact) mass is 414 g/mol. The van der Waals surface area contributed by atoms with Crippen molar-refractivity contribution in [2.75, 3.05) is 40.7 Å². The fourth-order valence-electron chi connectivity index (χ4n) is 3.08. The maximum Gasteiger partial charge on any atom is 0.281 e. The zero-order valence-corrected chi connectivity index (χ0v) is 17.0. The minimum atomic E-state index is -3.78. The number of nitrogens with zero attached hydrogens (tertiary/aromatic N) is 7. The van der Waals surface area contributed by atoms with Crippen molar-refractivity contribution in [3.05, 3.63) is 48.8 Å². The summed E-state index contributed by atoms with van der Waals surface area (Å²) in [7, 11) is -2.04. The first-order valence-corrected chi connectivity index (χ1v) is 10.7. The Balaban J connectivity index is 1.39. The highest BCUT2D eigenvalue weighted by Gasteiger charge is 2.21. The standard InChI is InChI=1S/C18H22N8O2S/c1-14-22-17(13-24(14)2)29(27,28)23-15-11-20-18(21-12-15)26-9-7-25(8-10-26)16-5-3-4-6-19-16/h3-6,11-13,23H,7-10H2,1-2H3. The lowest BCUT2D eigenvalue weighted by atomic mass is 10.3. The number of pyridine rings is 1. The Hall–Kier alpha value is -3.21. The van der Waals surface area contributed by atoms with Crippen LogP contribution in [-0.2, 0) is 17.1 Å². The van der Waals surface area contributed by atoms with Crippen LogP contribution in [0.2, 0.25) is 0 Å². The Morgan fingerprint density at radius 3 is 2.28 bits per heavy atom. The fourth-order valence-corrected chi connectivity index (χ4v) is 4.15. The molecule has 1 aliphatic rings. The summed E-state index contributed by atoms with van der Waals surface area (Å²) in [6.45, 7) is 4.88. The van der Waals surface area contributed by atoms with Crippen molar-refractivity contribution in [1.82, 2.24) is 24.5 Å². The average molecular weight is 414 g/mol. The highest BCUT2D eigenvalue weighted by atomic mass is 32.2. The SMILES string of the molecule is Cc1nc(S(=O)(=O)Nc2cnc(N3CCN(c4ccccn4)CC3)nc2)cn1C. The first-order valence-electron chi connectivity index (χ1n) is 9.18. The number of aryl methyl sites for hydroxylation is 2. The van der Waals surface area contributed by atoms with E-state index in [-0.39, 0.29) is 5.03 Å². The molecule has 0 saturated carbocycles. The second-order valence-corrected chi connectivity index (χ2v) is 8.41. The third-order valence-corrected chi connectivity index (χ3v) is 6.04. The molecule has 0 aromatic carbocycles. The van der Waals surface area contributed by atoms with Gasteiger partial charge in [0.2, 0.25) is 5.95 Å². The highest BCUT2D eigenvalue weighted by Crippen LogP contribution is 2.18. The van der Waals surface area contributed by atoms with Gasteiger partial charge in [0.1, 0.15) is 11.6 Å². The molecule has 11 heteroatoms. The van der Waals surface area contributed by atoms with Gasteiger partial charge in [-0.2, -0.15) is 8.42 Å². The van der Waals surface area contributed by atoms with Gasteiger partial charge < -0.3 is 14.4 Å². The van der Waals surface area contributed by atoms with Crippen LogP contribution in [0.5, 0.6) is 0 Å². The van der Waals surface area contributed by atoms with Crippen LogP contribution in [-0.4, -0.2) is 59.1 Å². The second kappa shape index (κ2) is 7.66. The van der Waals surface area contributed by atoms with Gasteiger partial charge in [0.15, 0.2) is 5.03 Å². The summed E-state index contributed by atoms with van der Waals surface area (Å²) in [5.74, 6) is 2.15. The van der Waals surface area contributed by atoms with E-state index in [9.17, 15) is 8.42 Å². The fraction of sp³-hybridized carbons (Fsp3) is 0.333. The van der Waals surface area contributed by atoms with Gasteiger partial charge in [-0.3, -0.25) is 4.72 Å². The van der Waals surface area contributed by atoms with Crippen LogP contribution in [0.4, 0.5) is 17.5 Å². The van der Waals surface area contributed by atoms with Gasteiger partial charge in [-0.1, -0.05) is 6.07 Å². The molecule has 3 aromatic rings. The van der Waals surface area contributed by atoms with Gasteiger partial charge in [0.05, 0.1) is 18.1 Å². The van der Waals surface area contributed by atoms with E-state index in [0.29, 0.717) is 17.5 Å². The van der Waals surface area contributed by atoms with Crippen molar-refractivity contribution >= 4 is 27.5 Å². The third-order valence-electron chi connectivity index (χ3n) is 4.79. The number of hydrogen-bond donors (Lipinski definition) is 1. The minimum Gasteiger partial charge on any atom is -0.353 e. The van der Waals surface area contributed by atoms with Gasteiger partial charge in [-0.25, -0.2) is 19.9 Å². The summed E-state index contributed by atoms with van der Waals surface area (Å²) in [6.07, 6.45) is 6.20. The zero-order valence-electron chi connectivity index (χ0n) is 16.2. The minimum absolute atomic E-state index is 0.0350. The van der Waals surface area contributed by atoms with E-state index >= 15 is 0 Å². The number of nitrogens with one attached hydrogen (secondary N) is 1. The second-order valence-electron chi connectivity index (χ2n) is 6.78. The lowest BCUT2D eigenvalue weighted by Crippen LogP contribution is -2.47. The molecule has 4 rings (SSSR count). The maximum absolute atomic E-state index is 12.5. The van der Waals surface area contributed by atoms with Gasteiger partial charge in [0.25, 0.3) is 10.0 Å². The number of aromatic nitrogens is 5. The van der Waals surface area contributed by atoms with Crippen molar-refractivity contribution in [3.63, 3.8) is 0 Å². The van der Waals surface area contributed by atoms with Crippen LogP contribution in [0, 0.1) is 6.92 Å². The molecular formula is C18H22N8O2S. The summed E-state index contributed by atoms with van der Waals surface area (Å²) >= 11 is 0. The van der Waals surface area contributed by atoms with Crippen LogP contribution in [0.25, 0.3) is 0 Å². The zero-order chi connectivity index (χ0) is 20.4. The van der Waals surface area contributed by atoms with E-state index in [1.54, 1.807) is 24.7 Å². The van der Waals surface area contributed by atoms with Crippen molar-refractivity contribution < 1.29 is 8.42 Å². The molecule has 29 heavy (non-hydrogen) atoms. The number of anilines is 3.